The maximum absolute atomic E-state index is 6.23. The molecule has 0 unspecified atom stereocenters. The van der Waals surface area contributed by atoms with Crippen molar-refractivity contribution in [3.05, 3.63) is 60.3 Å². The highest BCUT2D eigenvalue weighted by Gasteiger charge is 2.52. The van der Waals surface area contributed by atoms with E-state index in [0.717, 1.165) is 27.5 Å². The number of rotatable bonds is 5. The van der Waals surface area contributed by atoms with Crippen molar-refractivity contribution in [1.82, 2.24) is 4.98 Å². The lowest BCUT2D eigenvalue weighted by atomic mass is 9.77. The molecule has 1 aliphatic heterocycles. The van der Waals surface area contributed by atoms with Crippen LogP contribution in [-0.2, 0) is 15.9 Å². The molecule has 6 heteroatoms. The lowest BCUT2D eigenvalue weighted by molar-refractivity contribution is 0.00578. The molecule has 150 valence electrons. The van der Waals surface area contributed by atoms with E-state index >= 15 is 0 Å². The van der Waals surface area contributed by atoms with Crippen molar-refractivity contribution in [3.8, 4) is 11.6 Å². The summed E-state index contributed by atoms with van der Waals surface area (Å²) in [5.74, 6) is 1.42. The first-order valence-electron chi connectivity index (χ1n) is 9.80. The molecule has 1 aromatic heterocycles. The molecule has 29 heavy (non-hydrogen) atoms. The topological polar surface area (TPSA) is 49.8 Å². The van der Waals surface area contributed by atoms with Gasteiger partial charge in [0, 0.05) is 17.0 Å². The summed E-state index contributed by atoms with van der Waals surface area (Å²) in [6, 6.07) is 15.9. The minimum atomic E-state index is -0.465. The van der Waals surface area contributed by atoms with E-state index in [1.54, 1.807) is 13.3 Å². The first kappa shape index (κ1) is 19.7. The number of benzene rings is 2. The van der Waals surface area contributed by atoms with E-state index in [9.17, 15) is 0 Å². The van der Waals surface area contributed by atoms with Gasteiger partial charge in [-0.05, 0) is 56.8 Å². The van der Waals surface area contributed by atoms with E-state index < -0.39 is 18.3 Å². The predicted octanol–water partition coefficient (Wildman–Crippen LogP) is 4.12. The van der Waals surface area contributed by atoms with Crippen LogP contribution >= 0.6 is 0 Å². The molecular weight excluding hydrogens is 365 g/mol. The van der Waals surface area contributed by atoms with Crippen LogP contribution in [-0.4, -0.2) is 30.4 Å². The smallest absolute Gasteiger partial charge is 0.497 e. The Labute approximate surface area is 172 Å². The minimum absolute atomic E-state index is 0.400. The fraction of sp³-hybridized carbons (Fsp3) is 0.348. The fourth-order valence-corrected chi connectivity index (χ4v) is 3.33. The van der Waals surface area contributed by atoms with E-state index in [1.807, 2.05) is 42.5 Å². The summed E-state index contributed by atoms with van der Waals surface area (Å²) < 4.78 is 23.7. The Hall–Kier alpha value is -2.57. The van der Waals surface area contributed by atoms with Gasteiger partial charge in [0.25, 0.3) is 0 Å². The molecule has 4 rings (SSSR count). The quantitative estimate of drug-likeness (QED) is 0.613. The average Bonchev–Trinajstić information content (AvgIpc) is 2.93. The van der Waals surface area contributed by atoms with E-state index in [1.165, 1.54) is 0 Å². The van der Waals surface area contributed by atoms with Gasteiger partial charge in [-0.25, -0.2) is 4.98 Å². The third-order valence-corrected chi connectivity index (χ3v) is 5.83. The van der Waals surface area contributed by atoms with Crippen molar-refractivity contribution in [2.45, 2.75) is 45.5 Å². The molecule has 3 aromatic rings. The molecule has 0 bridgehead atoms. The second kappa shape index (κ2) is 7.36. The molecule has 0 spiro atoms. The number of fused-ring (bicyclic) bond motifs is 1. The molecule has 0 saturated carbocycles. The Bertz CT molecular complexity index is 1000. The van der Waals surface area contributed by atoms with Crippen LogP contribution in [0.2, 0.25) is 0 Å². The van der Waals surface area contributed by atoms with Gasteiger partial charge in [-0.1, -0.05) is 30.3 Å². The molecule has 2 heterocycles. The van der Waals surface area contributed by atoms with E-state index in [0.29, 0.717) is 12.5 Å². The number of aromatic nitrogens is 1. The highest BCUT2D eigenvalue weighted by Crippen LogP contribution is 2.37. The highest BCUT2D eigenvalue weighted by molar-refractivity contribution is 6.65. The SMILES string of the molecule is COc1ccc(COc2ncc(B3OC(C)(C)C(C)(C)O3)c3ccccc23)cc1. The zero-order chi connectivity index (χ0) is 20.6. The second-order valence-corrected chi connectivity index (χ2v) is 8.29. The Morgan fingerprint density at radius 2 is 1.52 bits per heavy atom. The van der Waals surface area contributed by atoms with Gasteiger partial charge in [0.1, 0.15) is 12.4 Å². The zero-order valence-corrected chi connectivity index (χ0v) is 17.6. The number of hydrogen-bond donors (Lipinski definition) is 0. The number of ether oxygens (including phenoxy) is 2. The van der Waals surface area contributed by atoms with Crippen LogP contribution in [0.1, 0.15) is 33.3 Å². The van der Waals surface area contributed by atoms with Gasteiger partial charge in [-0.3, -0.25) is 0 Å². The third-order valence-electron chi connectivity index (χ3n) is 5.83. The number of nitrogens with zero attached hydrogens (tertiary/aromatic N) is 1. The van der Waals surface area contributed by atoms with Crippen LogP contribution in [0.5, 0.6) is 11.6 Å². The highest BCUT2D eigenvalue weighted by atomic mass is 16.7. The van der Waals surface area contributed by atoms with Crippen molar-refractivity contribution in [3.63, 3.8) is 0 Å². The molecule has 0 amide bonds. The van der Waals surface area contributed by atoms with E-state index in [-0.39, 0.29) is 0 Å². The van der Waals surface area contributed by atoms with Gasteiger partial charge in [-0.15, -0.1) is 0 Å². The van der Waals surface area contributed by atoms with Gasteiger partial charge in [0.2, 0.25) is 5.88 Å². The van der Waals surface area contributed by atoms with Crippen LogP contribution in [0.25, 0.3) is 10.8 Å². The summed E-state index contributed by atoms with van der Waals surface area (Å²) in [6.07, 6.45) is 1.80. The lowest BCUT2D eigenvalue weighted by Gasteiger charge is -2.32. The molecule has 0 radical (unpaired) electrons. The van der Waals surface area contributed by atoms with Crippen molar-refractivity contribution < 1.29 is 18.8 Å². The Balaban J connectivity index is 1.62. The average molecular weight is 391 g/mol. The summed E-state index contributed by atoms with van der Waals surface area (Å²) in [7, 11) is 1.19. The molecule has 1 fully saturated rings. The normalized spacial score (nSPS) is 17.5. The summed E-state index contributed by atoms with van der Waals surface area (Å²) >= 11 is 0. The molecule has 0 atom stereocenters. The van der Waals surface area contributed by atoms with Crippen molar-refractivity contribution in [2.24, 2.45) is 0 Å². The maximum Gasteiger partial charge on any atom is 0.497 e. The summed E-state index contributed by atoms with van der Waals surface area (Å²) in [4.78, 5) is 4.59. The van der Waals surface area contributed by atoms with Gasteiger partial charge < -0.3 is 18.8 Å². The molecule has 1 saturated heterocycles. The number of hydrogen-bond acceptors (Lipinski definition) is 5. The molecule has 0 aliphatic carbocycles. The van der Waals surface area contributed by atoms with Crippen LogP contribution in [0.3, 0.4) is 0 Å². The fourth-order valence-electron chi connectivity index (χ4n) is 3.33. The standard InChI is InChI=1S/C23H26BNO4/c1-22(2)23(3,4)29-24(28-22)20-14-25-21(19-9-7-6-8-18(19)20)27-15-16-10-12-17(26-5)13-11-16/h6-14H,15H2,1-5H3. The summed E-state index contributed by atoms with van der Waals surface area (Å²) in [6.45, 7) is 8.63. The van der Waals surface area contributed by atoms with Crippen molar-refractivity contribution in [2.75, 3.05) is 7.11 Å². The van der Waals surface area contributed by atoms with E-state index in [4.69, 9.17) is 18.8 Å². The van der Waals surface area contributed by atoms with E-state index in [2.05, 4.69) is 38.7 Å². The van der Waals surface area contributed by atoms with Gasteiger partial charge in [-0.2, -0.15) is 0 Å². The minimum Gasteiger partial charge on any atom is -0.497 e. The van der Waals surface area contributed by atoms with Crippen molar-refractivity contribution in [1.29, 1.82) is 0 Å². The van der Waals surface area contributed by atoms with Crippen LogP contribution in [0, 0.1) is 0 Å². The Morgan fingerprint density at radius 3 is 2.14 bits per heavy atom. The summed E-state index contributed by atoms with van der Waals surface area (Å²) in [5.41, 5.74) is 1.16. The monoisotopic (exact) mass is 391 g/mol. The predicted molar refractivity (Wildman–Crippen MR) is 115 cm³/mol. The van der Waals surface area contributed by atoms with Crippen LogP contribution in [0.15, 0.2) is 54.7 Å². The molecule has 2 aromatic carbocycles. The van der Waals surface area contributed by atoms with Crippen LogP contribution < -0.4 is 14.9 Å². The third kappa shape index (κ3) is 3.70. The number of methoxy groups -OCH3 is 1. The largest absolute Gasteiger partial charge is 0.497 e. The first-order chi connectivity index (χ1) is 13.8. The van der Waals surface area contributed by atoms with Gasteiger partial charge in [0.15, 0.2) is 0 Å². The Kier molecular flexibility index (Phi) is 5.01. The molecule has 1 aliphatic rings. The van der Waals surface area contributed by atoms with Crippen molar-refractivity contribution >= 4 is 23.4 Å². The molecular formula is C23H26BNO4. The summed E-state index contributed by atoms with van der Waals surface area (Å²) in [5, 5.41) is 1.96. The Morgan fingerprint density at radius 1 is 0.897 bits per heavy atom. The molecule has 5 nitrogen and oxygen atoms in total. The van der Waals surface area contributed by atoms with Gasteiger partial charge >= 0.3 is 7.12 Å². The number of pyridine rings is 1. The first-order valence-corrected chi connectivity index (χ1v) is 9.80. The van der Waals surface area contributed by atoms with Crippen LogP contribution in [0.4, 0.5) is 0 Å². The maximum atomic E-state index is 6.23. The zero-order valence-electron chi connectivity index (χ0n) is 17.6. The second-order valence-electron chi connectivity index (χ2n) is 8.29. The van der Waals surface area contributed by atoms with Gasteiger partial charge in [0.05, 0.1) is 18.3 Å². The lowest BCUT2D eigenvalue weighted by Crippen LogP contribution is -2.41. The molecule has 0 N–H and O–H groups in total.